The summed E-state index contributed by atoms with van der Waals surface area (Å²) in [7, 11) is 2.01. The quantitative estimate of drug-likeness (QED) is 0.852. The lowest BCUT2D eigenvalue weighted by atomic mass is 9.90. The zero-order valence-corrected chi connectivity index (χ0v) is 10.6. The molecule has 92 valence electrons. The predicted octanol–water partition coefficient (Wildman–Crippen LogP) is 2.38. The Labute approximate surface area is 102 Å². The van der Waals surface area contributed by atoms with Crippen LogP contribution in [-0.2, 0) is 4.79 Å². The van der Waals surface area contributed by atoms with Crippen LogP contribution in [0.4, 0.5) is 0 Å². The van der Waals surface area contributed by atoms with E-state index in [1.165, 1.54) is 11.1 Å². The fourth-order valence-electron chi connectivity index (χ4n) is 2.74. The van der Waals surface area contributed by atoms with Gasteiger partial charge in [-0.05, 0) is 45.0 Å². The van der Waals surface area contributed by atoms with Gasteiger partial charge in [-0.25, -0.2) is 0 Å². The second-order valence-electron chi connectivity index (χ2n) is 5.02. The van der Waals surface area contributed by atoms with E-state index in [1.807, 2.05) is 14.0 Å². The summed E-state index contributed by atoms with van der Waals surface area (Å²) in [5.41, 5.74) is 3.54. The van der Waals surface area contributed by atoms with Crippen LogP contribution in [0.5, 0.6) is 0 Å². The van der Waals surface area contributed by atoms with Crippen LogP contribution >= 0.6 is 0 Å². The average molecular weight is 233 g/mol. The van der Waals surface area contributed by atoms with Crippen LogP contribution in [-0.4, -0.2) is 29.6 Å². The van der Waals surface area contributed by atoms with Gasteiger partial charge in [-0.1, -0.05) is 23.8 Å². The Morgan fingerprint density at radius 3 is 2.76 bits per heavy atom. The number of aryl methyl sites for hydroxylation is 2. The molecule has 1 heterocycles. The van der Waals surface area contributed by atoms with Crippen molar-refractivity contribution in [3.8, 4) is 0 Å². The molecule has 0 amide bonds. The van der Waals surface area contributed by atoms with Crippen molar-refractivity contribution in [3.05, 3.63) is 34.9 Å². The smallest absolute Gasteiger partial charge is 0.308 e. The minimum absolute atomic E-state index is 0.0207. The molecule has 0 spiro atoms. The number of hydrogen-bond donors (Lipinski definition) is 1. The first-order valence-electron chi connectivity index (χ1n) is 6.01. The number of carbonyl (C=O) groups is 1. The van der Waals surface area contributed by atoms with Crippen LogP contribution in [0.25, 0.3) is 0 Å². The van der Waals surface area contributed by atoms with Gasteiger partial charge in [0.15, 0.2) is 0 Å². The number of carboxylic acid groups (broad SMARTS) is 1. The van der Waals surface area contributed by atoms with Crippen molar-refractivity contribution in [1.82, 2.24) is 4.90 Å². The Hall–Kier alpha value is -1.35. The molecule has 17 heavy (non-hydrogen) atoms. The van der Waals surface area contributed by atoms with E-state index in [2.05, 4.69) is 30.0 Å². The topological polar surface area (TPSA) is 40.5 Å². The van der Waals surface area contributed by atoms with Crippen molar-refractivity contribution >= 4 is 5.97 Å². The minimum Gasteiger partial charge on any atom is -0.481 e. The van der Waals surface area contributed by atoms with Crippen LogP contribution in [0.3, 0.4) is 0 Å². The number of carboxylic acids is 1. The van der Waals surface area contributed by atoms with Crippen LogP contribution in [0.15, 0.2) is 18.2 Å². The molecule has 0 saturated carbocycles. The summed E-state index contributed by atoms with van der Waals surface area (Å²) in [5.74, 6) is -0.958. The van der Waals surface area contributed by atoms with E-state index in [9.17, 15) is 9.90 Å². The number of aliphatic carboxylic acids is 1. The molecule has 0 bridgehead atoms. The summed E-state index contributed by atoms with van der Waals surface area (Å²) < 4.78 is 0. The molecule has 1 aromatic carbocycles. The average Bonchev–Trinajstić information content (AvgIpc) is 2.64. The molecular formula is C14H19NO2. The van der Waals surface area contributed by atoms with E-state index >= 15 is 0 Å². The largest absolute Gasteiger partial charge is 0.481 e. The lowest BCUT2D eigenvalue weighted by Crippen LogP contribution is -2.26. The zero-order valence-electron chi connectivity index (χ0n) is 10.6. The number of hydrogen-bond acceptors (Lipinski definition) is 2. The van der Waals surface area contributed by atoms with Gasteiger partial charge in [0.25, 0.3) is 0 Å². The van der Waals surface area contributed by atoms with E-state index in [0.29, 0.717) is 0 Å². The highest BCUT2D eigenvalue weighted by Gasteiger charge is 2.38. The normalized spacial score (nSPS) is 25.1. The van der Waals surface area contributed by atoms with Gasteiger partial charge < -0.3 is 5.11 Å². The molecule has 3 nitrogen and oxygen atoms in total. The van der Waals surface area contributed by atoms with Gasteiger partial charge in [-0.15, -0.1) is 0 Å². The van der Waals surface area contributed by atoms with Crippen LogP contribution < -0.4 is 0 Å². The highest BCUT2D eigenvalue weighted by molar-refractivity contribution is 5.72. The number of likely N-dealkylation sites (tertiary alicyclic amines) is 1. The molecular weight excluding hydrogens is 214 g/mol. The number of benzene rings is 1. The second-order valence-corrected chi connectivity index (χ2v) is 5.02. The second kappa shape index (κ2) is 4.49. The van der Waals surface area contributed by atoms with Crippen molar-refractivity contribution < 1.29 is 9.90 Å². The van der Waals surface area contributed by atoms with Gasteiger partial charge >= 0.3 is 5.97 Å². The Kier molecular flexibility index (Phi) is 3.20. The predicted molar refractivity (Wildman–Crippen MR) is 67.0 cm³/mol. The Balaban J connectivity index is 2.42. The number of rotatable bonds is 2. The molecule has 1 aromatic rings. The maximum absolute atomic E-state index is 11.3. The first kappa shape index (κ1) is 12.1. The summed E-state index contributed by atoms with van der Waals surface area (Å²) in [6.07, 6.45) is 0.740. The van der Waals surface area contributed by atoms with E-state index in [0.717, 1.165) is 18.5 Å². The first-order chi connectivity index (χ1) is 8.00. The van der Waals surface area contributed by atoms with E-state index < -0.39 is 5.97 Å². The van der Waals surface area contributed by atoms with Crippen LogP contribution in [0, 0.1) is 19.8 Å². The highest BCUT2D eigenvalue weighted by Crippen LogP contribution is 2.37. The van der Waals surface area contributed by atoms with E-state index in [1.54, 1.807) is 0 Å². The summed E-state index contributed by atoms with van der Waals surface area (Å²) in [6, 6.07) is 6.30. The fourth-order valence-corrected chi connectivity index (χ4v) is 2.74. The van der Waals surface area contributed by atoms with E-state index in [4.69, 9.17) is 0 Å². The molecule has 2 atom stereocenters. The standard InChI is InChI=1S/C14H19NO2/c1-9-4-5-10(2)12(8-9)13-11(14(16)17)6-7-15(13)3/h4-5,8,11,13H,6-7H2,1-3H3,(H,16,17). The lowest BCUT2D eigenvalue weighted by Gasteiger charge is -2.25. The number of nitrogens with zero attached hydrogens (tertiary/aromatic N) is 1. The lowest BCUT2D eigenvalue weighted by molar-refractivity contribution is -0.142. The van der Waals surface area contributed by atoms with E-state index in [-0.39, 0.29) is 12.0 Å². The SMILES string of the molecule is Cc1ccc(C)c(C2C(C(=O)O)CCN2C)c1. The van der Waals surface area contributed by atoms with Crippen molar-refractivity contribution in [2.75, 3.05) is 13.6 Å². The molecule has 2 rings (SSSR count). The Morgan fingerprint density at radius 1 is 1.41 bits per heavy atom. The highest BCUT2D eigenvalue weighted by atomic mass is 16.4. The summed E-state index contributed by atoms with van der Waals surface area (Å²) in [4.78, 5) is 13.5. The summed E-state index contributed by atoms with van der Waals surface area (Å²) >= 11 is 0. The van der Waals surface area contributed by atoms with Crippen molar-refractivity contribution in [2.24, 2.45) is 5.92 Å². The fraction of sp³-hybridized carbons (Fsp3) is 0.500. The third kappa shape index (κ3) is 2.20. The molecule has 0 aliphatic carbocycles. The molecule has 1 fully saturated rings. The van der Waals surface area contributed by atoms with Crippen molar-refractivity contribution in [2.45, 2.75) is 26.3 Å². The molecule has 2 unspecified atom stereocenters. The van der Waals surface area contributed by atoms with Gasteiger partial charge in [-0.2, -0.15) is 0 Å². The molecule has 0 aromatic heterocycles. The van der Waals surface area contributed by atoms with Gasteiger partial charge in [-0.3, -0.25) is 9.69 Å². The first-order valence-corrected chi connectivity index (χ1v) is 6.01. The van der Waals surface area contributed by atoms with Gasteiger partial charge in [0.05, 0.1) is 5.92 Å². The van der Waals surface area contributed by atoms with Gasteiger partial charge in [0, 0.05) is 6.04 Å². The molecule has 1 aliphatic heterocycles. The maximum atomic E-state index is 11.3. The van der Waals surface area contributed by atoms with Crippen molar-refractivity contribution in [3.63, 3.8) is 0 Å². The Morgan fingerprint density at radius 2 is 2.12 bits per heavy atom. The monoisotopic (exact) mass is 233 g/mol. The molecule has 1 aliphatic rings. The maximum Gasteiger partial charge on any atom is 0.308 e. The molecule has 1 saturated heterocycles. The van der Waals surface area contributed by atoms with Gasteiger partial charge in [0.2, 0.25) is 0 Å². The Bertz CT molecular complexity index is 442. The zero-order chi connectivity index (χ0) is 12.6. The third-order valence-corrected chi connectivity index (χ3v) is 3.72. The third-order valence-electron chi connectivity index (χ3n) is 3.72. The van der Waals surface area contributed by atoms with Crippen LogP contribution in [0.1, 0.15) is 29.2 Å². The molecule has 0 radical (unpaired) electrons. The van der Waals surface area contributed by atoms with Gasteiger partial charge in [0.1, 0.15) is 0 Å². The molecule has 3 heteroatoms. The summed E-state index contributed by atoms with van der Waals surface area (Å²) in [5, 5.41) is 9.30. The minimum atomic E-state index is -0.680. The summed E-state index contributed by atoms with van der Waals surface area (Å²) in [6.45, 7) is 4.96. The van der Waals surface area contributed by atoms with Crippen LogP contribution in [0.2, 0.25) is 0 Å². The van der Waals surface area contributed by atoms with Crippen molar-refractivity contribution in [1.29, 1.82) is 0 Å². The molecule has 1 N–H and O–H groups in total.